The zero-order valence-corrected chi connectivity index (χ0v) is 17.2. The molecule has 0 bridgehead atoms. The van der Waals surface area contributed by atoms with Gasteiger partial charge in [0.2, 0.25) is 10.0 Å². The summed E-state index contributed by atoms with van der Waals surface area (Å²) in [6, 6.07) is 9.30. The smallest absolute Gasteiger partial charge is 0.417 e. The van der Waals surface area contributed by atoms with E-state index in [1.807, 2.05) is 5.43 Å². The predicted octanol–water partition coefficient (Wildman–Crippen LogP) is 2.79. The molecular formula is C19H20F3N3O4S. The number of halogens is 3. The van der Waals surface area contributed by atoms with Crippen molar-refractivity contribution in [3.63, 3.8) is 0 Å². The summed E-state index contributed by atoms with van der Waals surface area (Å²) >= 11 is 0. The zero-order chi connectivity index (χ0) is 22.5. The van der Waals surface area contributed by atoms with Crippen molar-refractivity contribution in [3.05, 3.63) is 59.2 Å². The Morgan fingerprint density at radius 3 is 2.53 bits per heavy atom. The van der Waals surface area contributed by atoms with E-state index in [0.717, 1.165) is 16.6 Å². The summed E-state index contributed by atoms with van der Waals surface area (Å²) in [4.78, 5) is 11.9. The van der Waals surface area contributed by atoms with E-state index in [1.165, 1.54) is 44.5 Å². The van der Waals surface area contributed by atoms with Crippen molar-refractivity contribution in [1.29, 1.82) is 0 Å². The molecule has 1 N–H and O–H groups in total. The monoisotopic (exact) mass is 443 g/mol. The maximum Gasteiger partial charge on any atom is 0.417 e. The highest BCUT2D eigenvalue weighted by Gasteiger charge is 2.32. The van der Waals surface area contributed by atoms with E-state index in [2.05, 4.69) is 5.10 Å². The van der Waals surface area contributed by atoms with E-state index >= 15 is 0 Å². The standard InChI is InChI=1S/C19H20F3N3O4S/c1-13-8-9-16(29-3)17(10-13)30(27,28)25(2)12-18(26)24-23-11-14-6-4-5-7-15(14)19(20,21)22/h4-11H,12H2,1-3H3,(H,24,26). The van der Waals surface area contributed by atoms with Crippen molar-refractivity contribution < 1.29 is 31.1 Å². The number of hydrogen-bond acceptors (Lipinski definition) is 5. The van der Waals surface area contributed by atoms with Crippen LogP contribution in [0.2, 0.25) is 0 Å². The van der Waals surface area contributed by atoms with E-state index < -0.39 is 34.2 Å². The molecular weight excluding hydrogens is 423 g/mol. The molecule has 30 heavy (non-hydrogen) atoms. The Morgan fingerprint density at radius 1 is 1.23 bits per heavy atom. The second-order valence-corrected chi connectivity index (χ2v) is 8.31. The van der Waals surface area contributed by atoms with Crippen LogP contribution in [0.3, 0.4) is 0 Å². The van der Waals surface area contributed by atoms with Gasteiger partial charge in [0, 0.05) is 12.6 Å². The van der Waals surface area contributed by atoms with E-state index in [-0.39, 0.29) is 16.2 Å². The molecule has 0 aliphatic carbocycles. The summed E-state index contributed by atoms with van der Waals surface area (Å²) < 4.78 is 70.2. The molecule has 0 aliphatic heterocycles. The first-order chi connectivity index (χ1) is 14.0. The normalized spacial score (nSPS) is 12.4. The van der Waals surface area contributed by atoms with Crippen LogP contribution in [0.15, 0.2) is 52.5 Å². The number of nitrogens with zero attached hydrogens (tertiary/aromatic N) is 2. The molecule has 0 spiro atoms. The number of ether oxygens (including phenoxy) is 1. The number of sulfonamides is 1. The van der Waals surface area contributed by atoms with Gasteiger partial charge in [-0.1, -0.05) is 24.3 Å². The fourth-order valence-corrected chi connectivity index (χ4v) is 3.88. The van der Waals surface area contributed by atoms with E-state index in [4.69, 9.17) is 4.74 Å². The van der Waals surface area contributed by atoms with Crippen LogP contribution in [-0.4, -0.2) is 45.5 Å². The summed E-state index contributed by atoms with van der Waals surface area (Å²) in [5.41, 5.74) is 1.56. The third-order valence-corrected chi connectivity index (χ3v) is 5.86. The van der Waals surface area contributed by atoms with Gasteiger partial charge in [-0.05, 0) is 30.7 Å². The van der Waals surface area contributed by atoms with Crippen molar-refractivity contribution in [2.24, 2.45) is 5.10 Å². The molecule has 1 amide bonds. The highest BCUT2D eigenvalue weighted by molar-refractivity contribution is 7.89. The molecule has 0 aliphatic rings. The molecule has 11 heteroatoms. The van der Waals surface area contributed by atoms with Crippen LogP contribution in [0.1, 0.15) is 16.7 Å². The minimum absolute atomic E-state index is 0.108. The Hall–Kier alpha value is -2.92. The van der Waals surface area contributed by atoms with E-state index in [1.54, 1.807) is 13.0 Å². The fraction of sp³-hybridized carbons (Fsp3) is 0.263. The van der Waals surface area contributed by atoms with Gasteiger partial charge in [-0.2, -0.15) is 22.6 Å². The lowest BCUT2D eigenvalue weighted by atomic mass is 10.1. The zero-order valence-electron chi connectivity index (χ0n) is 16.4. The van der Waals surface area contributed by atoms with Crippen molar-refractivity contribution >= 4 is 22.1 Å². The number of hydrazone groups is 1. The Balaban J connectivity index is 2.10. The number of alkyl halides is 3. The van der Waals surface area contributed by atoms with Crippen LogP contribution < -0.4 is 10.2 Å². The highest BCUT2D eigenvalue weighted by atomic mass is 32.2. The second kappa shape index (κ2) is 9.26. The van der Waals surface area contributed by atoms with Crippen molar-refractivity contribution in [2.45, 2.75) is 18.0 Å². The Labute approximate surface area is 172 Å². The molecule has 0 aromatic heterocycles. The number of rotatable bonds is 7. The summed E-state index contributed by atoms with van der Waals surface area (Å²) in [7, 11) is -1.54. The van der Waals surface area contributed by atoms with Gasteiger partial charge >= 0.3 is 6.18 Å². The van der Waals surface area contributed by atoms with Crippen LogP contribution in [0, 0.1) is 6.92 Å². The molecule has 0 saturated carbocycles. The van der Waals surface area contributed by atoms with Crippen LogP contribution in [0.5, 0.6) is 5.75 Å². The van der Waals surface area contributed by atoms with Gasteiger partial charge in [0.1, 0.15) is 10.6 Å². The Morgan fingerprint density at radius 2 is 1.90 bits per heavy atom. The maximum atomic E-state index is 13.0. The van der Waals surface area contributed by atoms with Gasteiger partial charge in [0.05, 0.1) is 25.4 Å². The second-order valence-electron chi connectivity index (χ2n) is 6.29. The average Bonchev–Trinajstić information content (AvgIpc) is 2.67. The lowest BCUT2D eigenvalue weighted by molar-refractivity contribution is -0.137. The molecule has 162 valence electrons. The molecule has 2 aromatic carbocycles. The predicted molar refractivity (Wildman–Crippen MR) is 105 cm³/mol. The largest absolute Gasteiger partial charge is 0.495 e. The molecule has 7 nitrogen and oxygen atoms in total. The van der Waals surface area contributed by atoms with Crippen LogP contribution >= 0.6 is 0 Å². The van der Waals surface area contributed by atoms with Crippen LogP contribution in [0.25, 0.3) is 0 Å². The number of likely N-dealkylation sites (N-methyl/N-ethyl adjacent to an activating group) is 1. The number of nitrogens with one attached hydrogen (secondary N) is 1. The van der Waals surface area contributed by atoms with Crippen molar-refractivity contribution in [1.82, 2.24) is 9.73 Å². The molecule has 2 rings (SSSR count). The first-order valence-corrected chi connectivity index (χ1v) is 10.00. The molecule has 0 heterocycles. The molecule has 2 aromatic rings. The van der Waals surface area contributed by atoms with Crippen LogP contribution in [0.4, 0.5) is 13.2 Å². The SMILES string of the molecule is COc1ccc(C)cc1S(=O)(=O)N(C)CC(=O)NN=Cc1ccccc1C(F)(F)F. The number of aryl methyl sites for hydroxylation is 1. The first-order valence-electron chi connectivity index (χ1n) is 8.56. The van der Waals surface area contributed by atoms with Crippen LogP contribution in [-0.2, 0) is 21.0 Å². The maximum absolute atomic E-state index is 13.0. The quantitative estimate of drug-likeness (QED) is 0.527. The van der Waals surface area contributed by atoms with Crippen molar-refractivity contribution in [3.8, 4) is 5.75 Å². The highest BCUT2D eigenvalue weighted by Crippen LogP contribution is 2.31. The lowest BCUT2D eigenvalue weighted by Crippen LogP contribution is -2.36. The number of hydrogen-bond donors (Lipinski definition) is 1. The van der Waals surface area contributed by atoms with Gasteiger partial charge in [0.25, 0.3) is 5.91 Å². The minimum Gasteiger partial charge on any atom is -0.495 e. The number of benzene rings is 2. The molecule has 0 unspecified atom stereocenters. The van der Waals surface area contributed by atoms with E-state index in [0.29, 0.717) is 5.56 Å². The van der Waals surface area contributed by atoms with Crippen molar-refractivity contribution in [2.75, 3.05) is 20.7 Å². The average molecular weight is 443 g/mol. The number of methoxy groups -OCH3 is 1. The fourth-order valence-electron chi connectivity index (χ4n) is 2.52. The summed E-state index contributed by atoms with van der Waals surface area (Å²) in [6.07, 6.45) is -3.73. The first kappa shape index (κ1) is 23.4. The number of carbonyl (C=O) groups is 1. The van der Waals surface area contributed by atoms with E-state index in [9.17, 15) is 26.4 Å². The van der Waals surface area contributed by atoms with Gasteiger partial charge in [0.15, 0.2) is 0 Å². The molecule has 0 atom stereocenters. The van der Waals surface area contributed by atoms with Gasteiger partial charge < -0.3 is 4.74 Å². The third kappa shape index (κ3) is 5.57. The summed E-state index contributed by atoms with van der Waals surface area (Å²) in [6.45, 7) is 1.11. The Kier molecular flexibility index (Phi) is 7.21. The summed E-state index contributed by atoms with van der Waals surface area (Å²) in [5, 5.41) is 3.50. The lowest BCUT2D eigenvalue weighted by Gasteiger charge is -2.18. The van der Waals surface area contributed by atoms with Gasteiger partial charge in [-0.15, -0.1) is 0 Å². The third-order valence-electron chi connectivity index (χ3n) is 4.03. The van der Waals surface area contributed by atoms with Gasteiger partial charge in [-0.25, -0.2) is 13.8 Å². The molecule has 0 saturated heterocycles. The Bertz CT molecular complexity index is 1050. The van der Waals surface area contributed by atoms with Gasteiger partial charge in [-0.3, -0.25) is 4.79 Å². The molecule has 0 fully saturated rings. The topological polar surface area (TPSA) is 88.1 Å². The minimum atomic E-state index is -4.58. The molecule has 0 radical (unpaired) electrons. The number of carbonyl (C=O) groups excluding carboxylic acids is 1. The number of amides is 1. The summed E-state index contributed by atoms with van der Waals surface area (Å²) in [5.74, 6) is -0.705.